The molecule has 0 spiro atoms. The Bertz CT molecular complexity index is 439. The summed E-state index contributed by atoms with van der Waals surface area (Å²) in [6.07, 6.45) is 6.48. The maximum atomic E-state index is 12.1. The predicted molar refractivity (Wildman–Crippen MR) is 65.2 cm³/mol. The molecule has 0 bridgehead atoms. The Morgan fingerprint density at radius 3 is 2.44 bits per heavy atom. The predicted octanol–water partition coefficient (Wildman–Crippen LogP) is 1.60. The van der Waals surface area contributed by atoms with Crippen molar-refractivity contribution in [2.45, 2.75) is 37.6 Å². The number of aliphatic carboxylic acids is 1. The van der Waals surface area contributed by atoms with Gasteiger partial charge in [-0.1, -0.05) is 12.8 Å². The molecule has 5 nitrogen and oxygen atoms in total. The second-order valence-electron chi connectivity index (χ2n) is 4.75. The molecule has 1 fully saturated rings. The van der Waals surface area contributed by atoms with Crippen LogP contribution in [0, 0.1) is 0 Å². The number of rotatable bonds is 4. The van der Waals surface area contributed by atoms with Crippen LogP contribution in [0.1, 0.15) is 42.5 Å². The molecule has 1 amide bonds. The van der Waals surface area contributed by atoms with Crippen molar-refractivity contribution in [2.75, 3.05) is 0 Å². The molecule has 1 aliphatic carbocycles. The molecule has 0 atom stereocenters. The minimum Gasteiger partial charge on any atom is -0.481 e. The zero-order valence-electron chi connectivity index (χ0n) is 10.1. The van der Waals surface area contributed by atoms with Crippen molar-refractivity contribution in [3.8, 4) is 0 Å². The third-order valence-corrected chi connectivity index (χ3v) is 3.37. The molecule has 0 unspecified atom stereocenters. The molecule has 2 N–H and O–H groups in total. The van der Waals surface area contributed by atoms with Crippen molar-refractivity contribution in [2.24, 2.45) is 0 Å². The number of hydrogen-bond donors (Lipinski definition) is 2. The number of nitrogens with zero attached hydrogens (tertiary/aromatic N) is 1. The summed E-state index contributed by atoms with van der Waals surface area (Å²) in [5.74, 6) is -1.09. The van der Waals surface area contributed by atoms with E-state index >= 15 is 0 Å². The highest BCUT2D eigenvalue weighted by Gasteiger charge is 2.37. The van der Waals surface area contributed by atoms with Gasteiger partial charge in [0.05, 0.1) is 12.0 Å². The Morgan fingerprint density at radius 1 is 1.28 bits per heavy atom. The van der Waals surface area contributed by atoms with Gasteiger partial charge in [0.25, 0.3) is 5.91 Å². The number of aromatic nitrogens is 1. The number of amides is 1. The summed E-state index contributed by atoms with van der Waals surface area (Å²) in [5.41, 5.74) is -0.0618. The van der Waals surface area contributed by atoms with Crippen molar-refractivity contribution in [3.63, 3.8) is 0 Å². The highest BCUT2D eigenvalue weighted by Crippen LogP contribution is 2.32. The Morgan fingerprint density at radius 2 is 1.89 bits per heavy atom. The number of pyridine rings is 1. The molecule has 0 radical (unpaired) electrons. The standard InChI is InChI=1S/C13H16N2O3/c16-11(17)9-13(5-1-2-6-13)15-12(18)10-3-7-14-8-4-10/h3-4,7-8H,1-2,5-6,9H2,(H,15,18)(H,16,17). The number of carbonyl (C=O) groups excluding carboxylic acids is 1. The first-order valence-corrected chi connectivity index (χ1v) is 6.06. The summed E-state index contributed by atoms with van der Waals surface area (Å²) in [4.78, 5) is 26.8. The molecule has 18 heavy (non-hydrogen) atoms. The first-order chi connectivity index (χ1) is 8.61. The van der Waals surface area contributed by atoms with Crippen LogP contribution in [-0.2, 0) is 4.79 Å². The molecule has 1 aromatic heterocycles. The lowest BCUT2D eigenvalue weighted by Gasteiger charge is -2.28. The molecule has 1 aromatic rings. The van der Waals surface area contributed by atoms with Crippen LogP contribution >= 0.6 is 0 Å². The van der Waals surface area contributed by atoms with Gasteiger partial charge in [-0.3, -0.25) is 14.6 Å². The van der Waals surface area contributed by atoms with Gasteiger partial charge in [0.15, 0.2) is 0 Å². The average Bonchev–Trinajstić information content (AvgIpc) is 2.77. The van der Waals surface area contributed by atoms with Gasteiger partial charge in [-0.25, -0.2) is 0 Å². The molecular formula is C13H16N2O3. The summed E-state index contributed by atoms with van der Waals surface area (Å²) in [6, 6.07) is 3.25. The molecule has 5 heteroatoms. The minimum atomic E-state index is -0.869. The van der Waals surface area contributed by atoms with E-state index in [2.05, 4.69) is 10.3 Å². The number of carbonyl (C=O) groups is 2. The molecule has 1 aliphatic rings. The van der Waals surface area contributed by atoms with Crippen LogP contribution < -0.4 is 5.32 Å². The minimum absolute atomic E-state index is 0.0101. The average molecular weight is 248 g/mol. The summed E-state index contributed by atoms with van der Waals surface area (Å²) in [5, 5.41) is 11.9. The fourth-order valence-electron chi connectivity index (χ4n) is 2.50. The number of carboxylic acid groups (broad SMARTS) is 1. The highest BCUT2D eigenvalue weighted by molar-refractivity contribution is 5.94. The van der Waals surface area contributed by atoms with Crippen molar-refractivity contribution in [3.05, 3.63) is 30.1 Å². The SMILES string of the molecule is O=C(O)CC1(NC(=O)c2ccncc2)CCCC1. The van der Waals surface area contributed by atoms with Crippen molar-refractivity contribution in [1.82, 2.24) is 10.3 Å². The molecule has 0 saturated heterocycles. The molecule has 0 aromatic carbocycles. The third-order valence-electron chi connectivity index (χ3n) is 3.37. The van der Waals surface area contributed by atoms with Crippen molar-refractivity contribution < 1.29 is 14.7 Å². The van der Waals surface area contributed by atoms with E-state index in [9.17, 15) is 9.59 Å². The smallest absolute Gasteiger partial charge is 0.305 e. The normalized spacial score (nSPS) is 17.3. The van der Waals surface area contributed by atoms with E-state index in [1.807, 2.05) is 0 Å². The lowest BCUT2D eigenvalue weighted by Crippen LogP contribution is -2.47. The fraction of sp³-hybridized carbons (Fsp3) is 0.462. The van der Waals surface area contributed by atoms with Crippen LogP contribution in [0.3, 0.4) is 0 Å². The van der Waals surface area contributed by atoms with E-state index in [0.29, 0.717) is 5.56 Å². The van der Waals surface area contributed by atoms with Crippen LogP contribution in [-0.4, -0.2) is 27.5 Å². The highest BCUT2D eigenvalue weighted by atomic mass is 16.4. The summed E-state index contributed by atoms with van der Waals surface area (Å²) in [6.45, 7) is 0. The van der Waals surface area contributed by atoms with E-state index in [0.717, 1.165) is 25.7 Å². The van der Waals surface area contributed by atoms with Gasteiger partial charge in [0, 0.05) is 18.0 Å². The van der Waals surface area contributed by atoms with Gasteiger partial charge >= 0.3 is 5.97 Å². The van der Waals surface area contributed by atoms with Crippen LogP contribution in [0.4, 0.5) is 0 Å². The largest absolute Gasteiger partial charge is 0.481 e. The topological polar surface area (TPSA) is 79.3 Å². The Balaban J connectivity index is 2.10. The Kier molecular flexibility index (Phi) is 3.60. The Labute approximate surface area is 105 Å². The Hall–Kier alpha value is -1.91. The first-order valence-electron chi connectivity index (χ1n) is 6.06. The fourth-order valence-corrected chi connectivity index (χ4v) is 2.50. The van der Waals surface area contributed by atoms with Crippen molar-refractivity contribution in [1.29, 1.82) is 0 Å². The van der Waals surface area contributed by atoms with Crippen LogP contribution in [0.5, 0.6) is 0 Å². The third kappa shape index (κ3) is 2.85. The van der Waals surface area contributed by atoms with Crippen molar-refractivity contribution >= 4 is 11.9 Å². The lowest BCUT2D eigenvalue weighted by atomic mass is 9.93. The quantitative estimate of drug-likeness (QED) is 0.848. The molecule has 1 heterocycles. The van der Waals surface area contributed by atoms with Gasteiger partial charge < -0.3 is 10.4 Å². The van der Waals surface area contributed by atoms with E-state index < -0.39 is 11.5 Å². The maximum absolute atomic E-state index is 12.1. The maximum Gasteiger partial charge on any atom is 0.305 e. The molecule has 96 valence electrons. The number of nitrogens with one attached hydrogen (secondary N) is 1. The number of hydrogen-bond acceptors (Lipinski definition) is 3. The lowest BCUT2D eigenvalue weighted by molar-refractivity contribution is -0.138. The molecular weight excluding hydrogens is 232 g/mol. The van der Waals surface area contributed by atoms with Gasteiger partial charge in [0.1, 0.15) is 0 Å². The second kappa shape index (κ2) is 5.16. The van der Waals surface area contributed by atoms with E-state index in [-0.39, 0.29) is 12.3 Å². The summed E-state index contributed by atoms with van der Waals surface area (Å²) in [7, 11) is 0. The second-order valence-corrected chi connectivity index (χ2v) is 4.75. The monoisotopic (exact) mass is 248 g/mol. The van der Waals surface area contributed by atoms with Crippen LogP contribution in [0.15, 0.2) is 24.5 Å². The van der Waals surface area contributed by atoms with Gasteiger partial charge in [-0.05, 0) is 25.0 Å². The molecule has 1 saturated carbocycles. The van der Waals surface area contributed by atoms with Gasteiger partial charge in [-0.2, -0.15) is 0 Å². The van der Waals surface area contributed by atoms with Crippen LogP contribution in [0.25, 0.3) is 0 Å². The van der Waals surface area contributed by atoms with Gasteiger partial charge in [0.2, 0.25) is 0 Å². The zero-order chi connectivity index (χ0) is 13.0. The van der Waals surface area contributed by atoms with Gasteiger partial charge in [-0.15, -0.1) is 0 Å². The summed E-state index contributed by atoms with van der Waals surface area (Å²) < 4.78 is 0. The van der Waals surface area contributed by atoms with E-state index in [4.69, 9.17) is 5.11 Å². The number of carboxylic acids is 1. The first kappa shape index (κ1) is 12.5. The summed E-state index contributed by atoms with van der Waals surface area (Å²) >= 11 is 0. The van der Waals surface area contributed by atoms with Crippen LogP contribution in [0.2, 0.25) is 0 Å². The molecule has 0 aliphatic heterocycles. The molecule has 2 rings (SSSR count). The van der Waals surface area contributed by atoms with E-state index in [1.165, 1.54) is 0 Å². The van der Waals surface area contributed by atoms with E-state index in [1.54, 1.807) is 24.5 Å². The zero-order valence-corrected chi connectivity index (χ0v) is 10.1.